The molecule has 2 heterocycles. The van der Waals surface area contributed by atoms with Crippen LogP contribution in [0.25, 0.3) is 0 Å². The van der Waals surface area contributed by atoms with Crippen molar-refractivity contribution in [3.05, 3.63) is 23.9 Å². The maximum absolute atomic E-state index is 12.4. The first-order valence-corrected chi connectivity index (χ1v) is 8.12. The molecule has 21 heavy (non-hydrogen) atoms. The van der Waals surface area contributed by atoms with Gasteiger partial charge in [-0.15, -0.1) is 0 Å². The molecule has 0 saturated carbocycles. The van der Waals surface area contributed by atoms with Gasteiger partial charge in [0.15, 0.2) is 5.03 Å². The van der Waals surface area contributed by atoms with Crippen molar-refractivity contribution in [3.8, 4) is 0 Å². The Hall–Kier alpha value is -1.51. The molecule has 7 nitrogen and oxygen atoms in total. The topological polar surface area (TPSA) is 90.8 Å². The fourth-order valence-electron chi connectivity index (χ4n) is 2.39. The van der Waals surface area contributed by atoms with Gasteiger partial charge in [-0.3, -0.25) is 0 Å². The van der Waals surface area contributed by atoms with Gasteiger partial charge in [-0.05, 0) is 39.1 Å². The first kappa shape index (κ1) is 15.9. The number of nitrogens with zero attached hydrogens (tertiary/aromatic N) is 3. The van der Waals surface area contributed by atoms with E-state index in [1.165, 1.54) is 16.4 Å². The number of sulfonamides is 1. The lowest BCUT2D eigenvalue weighted by molar-refractivity contribution is 0.0696. The van der Waals surface area contributed by atoms with Gasteiger partial charge in [0, 0.05) is 25.3 Å². The van der Waals surface area contributed by atoms with Crippen LogP contribution >= 0.6 is 0 Å². The molecule has 0 aliphatic carbocycles. The van der Waals surface area contributed by atoms with Crippen LogP contribution in [0.5, 0.6) is 0 Å². The van der Waals surface area contributed by atoms with E-state index in [0.717, 1.165) is 19.0 Å². The molecule has 1 N–H and O–H groups in total. The SMILES string of the molecule is CN(C)C1CCN(S(=O)(=O)c2ccc(C(=O)O)cn2)CC1. The van der Waals surface area contributed by atoms with Crippen molar-refractivity contribution in [1.29, 1.82) is 0 Å². The second kappa shape index (κ2) is 6.08. The summed E-state index contributed by atoms with van der Waals surface area (Å²) in [5.41, 5.74) is -0.0275. The fourth-order valence-corrected chi connectivity index (χ4v) is 3.77. The molecule has 0 spiro atoms. The second-order valence-electron chi connectivity index (χ2n) is 5.29. The van der Waals surface area contributed by atoms with E-state index in [2.05, 4.69) is 9.88 Å². The zero-order valence-electron chi connectivity index (χ0n) is 12.1. The summed E-state index contributed by atoms with van der Waals surface area (Å²) in [5, 5.41) is 8.70. The van der Waals surface area contributed by atoms with Crippen molar-refractivity contribution in [2.45, 2.75) is 23.9 Å². The quantitative estimate of drug-likeness (QED) is 0.870. The Kier molecular flexibility index (Phi) is 4.60. The van der Waals surface area contributed by atoms with Gasteiger partial charge in [-0.1, -0.05) is 0 Å². The number of aromatic carboxylic acids is 1. The number of aromatic nitrogens is 1. The summed E-state index contributed by atoms with van der Waals surface area (Å²) in [6.45, 7) is 0.904. The number of piperidine rings is 1. The van der Waals surface area contributed by atoms with Crippen LogP contribution in [-0.4, -0.2) is 66.9 Å². The number of carbonyl (C=O) groups is 1. The maximum atomic E-state index is 12.4. The second-order valence-corrected chi connectivity index (χ2v) is 7.17. The average Bonchev–Trinajstić information content (AvgIpc) is 2.47. The van der Waals surface area contributed by atoms with Gasteiger partial charge in [0.2, 0.25) is 0 Å². The van der Waals surface area contributed by atoms with E-state index < -0.39 is 16.0 Å². The third-order valence-electron chi connectivity index (χ3n) is 3.74. The molecule has 2 rings (SSSR count). The van der Waals surface area contributed by atoms with Crippen LogP contribution in [-0.2, 0) is 10.0 Å². The molecule has 1 aromatic heterocycles. The van der Waals surface area contributed by atoms with Crippen LogP contribution < -0.4 is 0 Å². The van der Waals surface area contributed by atoms with E-state index in [9.17, 15) is 13.2 Å². The number of hydrogen-bond donors (Lipinski definition) is 1. The highest BCUT2D eigenvalue weighted by Gasteiger charge is 2.30. The van der Waals surface area contributed by atoms with Gasteiger partial charge in [-0.25, -0.2) is 18.2 Å². The van der Waals surface area contributed by atoms with E-state index in [4.69, 9.17) is 5.11 Å². The lowest BCUT2D eigenvalue weighted by Crippen LogP contribution is -2.44. The molecule has 0 aromatic carbocycles. The van der Waals surface area contributed by atoms with Gasteiger partial charge in [0.1, 0.15) is 0 Å². The molecule has 1 fully saturated rings. The molecule has 0 bridgehead atoms. The zero-order valence-corrected chi connectivity index (χ0v) is 12.9. The van der Waals surface area contributed by atoms with Crippen LogP contribution in [0, 0.1) is 0 Å². The standard InChI is InChI=1S/C13H19N3O4S/c1-15(2)11-5-7-16(8-6-11)21(19,20)12-4-3-10(9-14-12)13(17)18/h3-4,9,11H,5-8H2,1-2H3,(H,17,18). The van der Waals surface area contributed by atoms with Crippen molar-refractivity contribution in [3.63, 3.8) is 0 Å². The van der Waals surface area contributed by atoms with Gasteiger partial charge >= 0.3 is 5.97 Å². The summed E-state index contributed by atoms with van der Waals surface area (Å²) in [6, 6.07) is 2.89. The average molecular weight is 313 g/mol. The highest BCUT2D eigenvalue weighted by atomic mass is 32.2. The Balaban J connectivity index is 2.13. The summed E-state index contributed by atoms with van der Waals surface area (Å²) in [5.74, 6) is -1.13. The van der Waals surface area contributed by atoms with Crippen molar-refractivity contribution >= 4 is 16.0 Å². The minimum absolute atomic E-state index is 0.0275. The van der Waals surface area contributed by atoms with E-state index >= 15 is 0 Å². The molecule has 1 aliphatic rings. The molecule has 8 heteroatoms. The predicted molar refractivity (Wildman–Crippen MR) is 76.7 cm³/mol. The number of hydrogen-bond acceptors (Lipinski definition) is 5. The van der Waals surface area contributed by atoms with Gasteiger partial charge in [-0.2, -0.15) is 4.31 Å². The minimum atomic E-state index is -3.64. The largest absolute Gasteiger partial charge is 0.478 e. The Morgan fingerprint density at radius 1 is 1.33 bits per heavy atom. The monoisotopic (exact) mass is 313 g/mol. The van der Waals surface area contributed by atoms with Crippen molar-refractivity contribution in [2.75, 3.05) is 27.2 Å². The lowest BCUT2D eigenvalue weighted by Gasteiger charge is -2.34. The Labute approximate surface area is 124 Å². The van der Waals surface area contributed by atoms with Crippen LogP contribution in [0.2, 0.25) is 0 Å². The molecule has 1 aromatic rings. The van der Waals surface area contributed by atoms with E-state index in [1.807, 2.05) is 14.1 Å². The fraction of sp³-hybridized carbons (Fsp3) is 0.538. The van der Waals surface area contributed by atoms with Crippen LogP contribution in [0.15, 0.2) is 23.4 Å². The van der Waals surface area contributed by atoms with Crippen LogP contribution in [0.4, 0.5) is 0 Å². The molecule has 0 amide bonds. The number of carboxylic acid groups (broad SMARTS) is 1. The van der Waals surface area contributed by atoms with Crippen molar-refractivity contribution in [2.24, 2.45) is 0 Å². The Bertz CT molecular complexity index is 605. The molecular formula is C13H19N3O4S. The summed E-state index contributed by atoms with van der Waals surface area (Å²) in [4.78, 5) is 16.6. The maximum Gasteiger partial charge on any atom is 0.337 e. The summed E-state index contributed by atoms with van der Waals surface area (Å²) in [7, 11) is 0.331. The van der Waals surface area contributed by atoms with Gasteiger partial charge in [0.25, 0.3) is 10.0 Å². The number of carboxylic acids is 1. The predicted octanol–water partition coefficient (Wildman–Crippen LogP) is 0.494. The first-order chi connectivity index (χ1) is 9.82. The molecule has 1 aliphatic heterocycles. The summed E-state index contributed by atoms with van der Waals surface area (Å²) < 4.78 is 26.3. The van der Waals surface area contributed by atoms with Gasteiger partial charge in [0.05, 0.1) is 5.56 Å². The smallest absolute Gasteiger partial charge is 0.337 e. The van der Waals surface area contributed by atoms with Crippen LogP contribution in [0.3, 0.4) is 0 Å². The minimum Gasteiger partial charge on any atom is -0.478 e. The summed E-state index contributed by atoms with van der Waals surface area (Å²) >= 11 is 0. The molecular weight excluding hydrogens is 294 g/mol. The third kappa shape index (κ3) is 3.39. The van der Waals surface area contributed by atoms with Crippen molar-refractivity contribution in [1.82, 2.24) is 14.2 Å². The van der Waals surface area contributed by atoms with Gasteiger partial charge < -0.3 is 10.0 Å². The molecule has 0 atom stereocenters. The third-order valence-corrected chi connectivity index (χ3v) is 5.56. The zero-order chi connectivity index (χ0) is 15.6. The molecule has 116 valence electrons. The number of pyridine rings is 1. The van der Waals surface area contributed by atoms with E-state index in [1.54, 1.807) is 0 Å². The van der Waals surface area contributed by atoms with E-state index in [0.29, 0.717) is 19.1 Å². The molecule has 0 radical (unpaired) electrons. The van der Waals surface area contributed by atoms with Crippen LogP contribution in [0.1, 0.15) is 23.2 Å². The lowest BCUT2D eigenvalue weighted by atomic mass is 10.1. The Morgan fingerprint density at radius 3 is 2.38 bits per heavy atom. The number of rotatable bonds is 4. The van der Waals surface area contributed by atoms with E-state index in [-0.39, 0.29) is 10.6 Å². The van der Waals surface area contributed by atoms with Crippen molar-refractivity contribution < 1.29 is 18.3 Å². The highest BCUT2D eigenvalue weighted by Crippen LogP contribution is 2.21. The first-order valence-electron chi connectivity index (χ1n) is 6.68. The molecule has 0 unspecified atom stereocenters. The molecule has 1 saturated heterocycles. The highest BCUT2D eigenvalue weighted by molar-refractivity contribution is 7.89. The Morgan fingerprint density at radius 2 is 1.95 bits per heavy atom. The normalized spacial score (nSPS) is 18.0. The summed E-state index contributed by atoms with van der Waals surface area (Å²) in [6.07, 6.45) is 2.63.